The number of nitrogens with zero attached hydrogens (tertiary/aromatic N) is 2. The molecule has 2 aromatic rings. The molecule has 2 amide bonds. The minimum absolute atomic E-state index is 0.286. The number of aromatic nitrogens is 1. The second-order valence-electron chi connectivity index (χ2n) is 4.45. The van der Waals surface area contributed by atoms with Gasteiger partial charge in [0.05, 0.1) is 11.6 Å². The smallest absolute Gasteiger partial charge is 0.322 e. The van der Waals surface area contributed by atoms with Crippen LogP contribution in [-0.2, 0) is 0 Å². The summed E-state index contributed by atoms with van der Waals surface area (Å²) in [6.07, 6.45) is 0. The van der Waals surface area contributed by atoms with Gasteiger partial charge in [-0.15, -0.1) is 0 Å². The number of benzene rings is 1. The molecule has 0 aliphatic heterocycles. The van der Waals surface area contributed by atoms with E-state index >= 15 is 0 Å². The number of halogens is 1. The lowest BCUT2D eigenvalue weighted by atomic mass is 10.3. The first-order valence-corrected chi connectivity index (χ1v) is 6.77. The minimum Gasteiger partial charge on any atom is -0.490 e. The predicted octanol–water partition coefficient (Wildman–Crippen LogP) is 3.18. The number of para-hydroxylation sites is 1. The van der Waals surface area contributed by atoms with Crippen LogP contribution in [0, 0.1) is 6.92 Å². The number of amides is 2. The number of hydrogen-bond donors (Lipinski definition) is 1. The number of likely N-dealkylation sites (N-methyl/N-ethyl adjacent to an activating group) is 1. The zero-order valence-electron chi connectivity index (χ0n) is 11.8. The zero-order valence-corrected chi connectivity index (χ0v) is 12.6. The molecule has 0 saturated carbocycles. The number of hydrogen-bond acceptors (Lipinski definition) is 4. The van der Waals surface area contributed by atoms with Crippen molar-refractivity contribution in [2.45, 2.75) is 6.92 Å². The number of anilines is 1. The molecule has 0 saturated heterocycles. The third-order valence-corrected chi connectivity index (χ3v) is 3.04. The van der Waals surface area contributed by atoms with Gasteiger partial charge in [-0.25, -0.2) is 4.79 Å². The number of aryl methyl sites for hydroxylation is 1. The van der Waals surface area contributed by atoms with Crippen LogP contribution in [0.4, 0.5) is 10.6 Å². The number of carbonyl (C=O) groups is 1. The molecule has 1 aromatic carbocycles. The van der Waals surface area contributed by atoms with Crippen molar-refractivity contribution in [3.63, 3.8) is 0 Å². The average Bonchev–Trinajstić information content (AvgIpc) is 2.86. The number of nitrogens with one attached hydrogen (secondary N) is 1. The van der Waals surface area contributed by atoms with Gasteiger partial charge in [0.15, 0.2) is 5.82 Å². The first kappa shape index (κ1) is 15.2. The van der Waals surface area contributed by atoms with Crippen molar-refractivity contribution >= 4 is 23.4 Å². The Morgan fingerprint density at radius 1 is 1.48 bits per heavy atom. The van der Waals surface area contributed by atoms with Gasteiger partial charge in [-0.1, -0.05) is 28.9 Å². The monoisotopic (exact) mass is 309 g/mol. The van der Waals surface area contributed by atoms with E-state index in [1.807, 2.05) is 12.1 Å². The average molecular weight is 310 g/mol. The van der Waals surface area contributed by atoms with Gasteiger partial charge >= 0.3 is 6.03 Å². The van der Waals surface area contributed by atoms with Crippen molar-refractivity contribution in [2.24, 2.45) is 0 Å². The summed E-state index contributed by atoms with van der Waals surface area (Å²) < 4.78 is 10.4. The van der Waals surface area contributed by atoms with Crippen LogP contribution in [0.25, 0.3) is 0 Å². The Morgan fingerprint density at radius 3 is 2.90 bits per heavy atom. The lowest BCUT2D eigenvalue weighted by Gasteiger charge is -2.17. The number of carbonyl (C=O) groups excluding carboxylic acids is 1. The molecule has 0 unspecified atom stereocenters. The van der Waals surface area contributed by atoms with Crippen LogP contribution >= 0.6 is 11.6 Å². The summed E-state index contributed by atoms with van der Waals surface area (Å²) in [6.45, 7) is 2.50. The third-order valence-electron chi connectivity index (χ3n) is 2.73. The molecule has 21 heavy (non-hydrogen) atoms. The van der Waals surface area contributed by atoms with Gasteiger partial charge in [0, 0.05) is 13.1 Å². The summed E-state index contributed by atoms with van der Waals surface area (Å²) in [5, 5.41) is 6.86. The van der Waals surface area contributed by atoms with E-state index in [2.05, 4.69) is 10.5 Å². The molecule has 0 radical (unpaired) electrons. The zero-order chi connectivity index (χ0) is 15.2. The largest absolute Gasteiger partial charge is 0.490 e. The lowest BCUT2D eigenvalue weighted by Crippen LogP contribution is -2.34. The first-order chi connectivity index (χ1) is 10.1. The predicted molar refractivity (Wildman–Crippen MR) is 79.8 cm³/mol. The van der Waals surface area contributed by atoms with E-state index in [4.69, 9.17) is 20.9 Å². The highest BCUT2D eigenvalue weighted by atomic mass is 35.5. The molecule has 0 atom stereocenters. The molecule has 0 aliphatic rings. The van der Waals surface area contributed by atoms with Crippen molar-refractivity contribution < 1.29 is 14.1 Å². The molecule has 1 N–H and O–H groups in total. The molecule has 0 spiro atoms. The highest BCUT2D eigenvalue weighted by molar-refractivity contribution is 6.32. The Hall–Kier alpha value is -2.21. The number of urea groups is 1. The molecule has 7 heteroatoms. The lowest BCUT2D eigenvalue weighted by molar-refractivity contribution is 0.207. The molecule has 112 valence electrons. The Morgan fingerprint density at radius 2 is 2.24 bits per heavy atom. The van der Waals surface area contributed by atoms with Gasteiger partial charge in [-0.3, -0.25) is 5.32 Å². The second-order valence-corrected chi connectivity index (χ2v) is 4.86. The molecule has 0 bridgehead atoms. The maximum Gasteiger partial charge on any atom is 0.322 e. The van der Waals surface area contributed by atoms with E-state index in [9.17, 15) is 4.79 Å². The fraction of sp³-hybridized carbons (Fsp3) is 0.286. The number of rotatable bonds is 5. The van der Waals surface area contributed by atoms with Crippen LogP contribution < -0.4 is 10.1 Å². The van der Waals surface area contributed by atoms with Crippen LogP contribution in [-0.4, -0.2) is 36.3 Å². The molecule has 0 fully saturated rings. The van der Waals surface area contributed by atoms with Crippen LogP contribution in [0.15, 0.2) is 34.9 Å². The Bertz CT molecular complexity index is 615. The van der Waals surface area contributed by atoms with Crippen molar-refractivity contribution in [2.75, 3.05) is 25.5 Å². The maximum absolute atomic E-state index is 11.9. The highest BCUT2D eigenvalue weighted by Crippen LogP contribution is 2.22. The minimum atomic E-state index is -0.286. The summed E-state index contributed by atoms with van der Waals surface area (Å²) in [5.41, 5.74) is 0. The van der Waals surface area contributed by atoms with E-state index in [1.165, 1.54) is 4.90 Å². The SMILES string of the molecule is Cc1cc(NC(=O)N(C)CCOc2ccccc2Cl)no1. The van der Waals surface area contributed by atoms with Gasteiger partial charge < -0.3 is 14.2 Å². The van der Waals surface area contributed by atoms with E-state index in [0.717, 1.165) is 0 Å². The summed E-state index contributed by atoms with van der Waals surface area (Å²) in [7, 11) is 1.66. The van der Waals surface area contributed by atoms with Crippen molar-refractivity contribution in [3.8, 4) is 5.75 Å². The Balaban J connectivity index is 1.77. The topological polar surface area (TPSA) is 67.6 Å². The molecule has 1 aromatic heterocycles. The molecule has 0 aliphatic carbocycles. The van der Waals surface area contributed by atoms with Gasteiger partial charge in [0.25, 0.3) is 0 Å². The maximum atomic E-state index is 11.9. The van der Waals surface area contributed by atoms with Crippen molar-refractivity contribution in [3.05, 3.63) is 41.1 Å². The fourth-order valence-electron chi connectivity index (χ4n) is 1.59. The molecule has 1 heterocycles. The van der Waals surface area contributed by atoms with E-state index in [-0.39, 0.29) is 6.03 Å². The van der Waals surface area contributed by atoms with Gasteiger partial charge in [-0.05, 0) is 19.1 Å². The van der Waals surface area contributed by atoms with E-state index < -0.39 is 0 Å². The summed E-state index contributed by atoms with van der Waals surface area (Å²) >= 11 is 5.98. The van der Waals surface area contributed by atoms with Crippen molar-refractivity contribution in [1.82, 2.24) is 10.1 Å². The molecule has 2 rings (SSSR count). The summed E-state index contributed by atoms with van der Waals surface area (Å²) in [4.78, 5) is 13.4. The van der Waals surface area contributed by atoms with Crippen LogP contribution in [0.3, 0.4) is 0 Å². The van der Waals surface area contributed by atoms with Crippen molar-refractivity contribution in [1.29, 1.82) is 0 Å². The van der Waals surface area contributed by atoms with E-state index in [0.29, 0.717) is 35.5 Å². The van der Waals surface area contributed by atoms with Crippen LogP contribution in [0.1, 0.15) is 5.76 Å². The molecular formula is C14H16ClN3O3. The standard InChI is InChI=1S/C14H16ClN3O3/c1-10-9-13(17-21-10)16-14(19)18(2)7-8-20-12-6-4-3-5-11(12)15/h3-6,9H,7-8H2,1-2H3,(H,16,17,19). The van der Waals surface area contributed by atoms with Gasteiger partial charge in [-0.2, -0.15) is 0 Å². The quantitative estimate of drug-likeness (QED) is 0.921. The van der Waals surface area contributed by atoms with Crippen LogP contribution in [0.5, 0.6) is 5.75 Å². The molecular weight excluding hydrogens is 294 g/mol. The summed E-state index contributed by atoms with van der Waals surface area (Å²) in [5.74, 6) is 1.62. The fourth-order valence-corrected chi connectivity index (χ4v) is 1.78. The third kappa shape index (κ3) is 4.39. The molecule has 6 nitrogen and oxygen atoms in total. The van der Waals surface area contributed by atoms with Gasteiger partial charge in [0.2, 0.25) is 0 Å². The van der Waals surface area contributed by atoms with Crippen LogP contribution in [0.2, 0.25) is 5.02 Å². The first-order valence-electron chi connectivity index (χ1n) is 6.39. The van der Waals surface area contributed by atoms with E-state index in [1.54, 1.807) is 32.2 Å². The highest BCUT2D eigenvalue weighted by Gasteiger charge is 2.11. The normalized spacial score (nSPS) is 10.2. The number of ether oxygens (including phenoxy) is 1. The van der Waals surface area contributed by atoms with Gasteiger partial charge in [0.1, 0.15) is 18.1 Å². The Kier molecular flexibility index (Phi) is 5.05. The summed E-state index contributed by atoms with van der Waals surface area (Å²) in [6, 6.07) is 8.55. The Labute approximate surface area is 127 Å². The second kappa shape index (κ2) is 6.99.